The van der Waals surface area contributed by atoms with Gasteiger partial charge in [-0.25, -0.2) is 15.0 Å². The van der Waals surface area contributed by atoms with Crippen LogP contribution in [0.3, 0.4) is 0 Å². The number of pyridine rings is 1. The van der Waals surface area contributed by atoms with Crippen molar-refractivity contribution in [3.8, 4) is 62.1 Å². The molecule has 5 aromatic heterocycles. The summed E-state index contributed by atoms with van der Waals surface area (Å²) in [5.74, 6) is 0.963. The van der Waals surface area contributed by atoms with Gasteiger partial charge in [-0.05, 0) is 83.9 Å². The number of hydrogen-bond acceptors (Lipinski definition) is 6. The lowest BCUT2D eigenvalue weighted by Crippen LogP contribution is -2.03. The van der Waals surface area contributed by atoms with E-state index in [9.17, 15) is 2.74 Å². The molecule has 7 nitrogen and oxygen atoms in total. The van der Waals surface area contributed by atoms with Gasteiger partial charge < -0.3 is 13.4 Å². The maximum atomic E-state index is 9.20. The molecule has 0 saturated heterocycles. The van der Waals surface area contributed by atoms with Gasteiger partial charge in [0.15, 0.2) is 17.5 Å². The van der Waals surface area contributed by atoms with E-state index in [1.165, 1.54) is 6.07 Å². The summed E-state index contributed by atoms with van der Waals surface area (Å²) >= 11 is 0. The molecule has 67 heavy (non-hydrogen) atoms. The van der Waals surface area contributed by atoms with E-state index in [1.54, 1.807) is 22.9 Å². The highest BCUT2D eigenvalue weighted by Gasteiger charge is 2.21. The average Bonchev–Trinajstić information content (AvgIpc) is 4.14. The van der Waals surface area contributed by atoms with Crippen LogP contribution in [0.4, 0.5) is 0 Å². The standard InChI is InChI=1S/C60H35N5O2/c1-5-24-51-43(16-1)44-17-2-6-25-52(44)65(51)53-26-7-3-19-48(53)60-63-58(62-59(64-60)40-28-30-50-38(34-40)15-12-32-61-50)39-14-9-13-36(33-39)41-20-11-23-47-49-35-37(29-31-55(49)67-57(41)47)42-21-10-22-46-45-18-4-8-27-54(45)66-56(42)46/h1-35H/i1D,2D,5D,16D,17D,24D,25D. The quantitative estimate of drug-likeness (QED) is 0.166. The molecule has 14 aromatic rings. The fourth-order valence-corrected chi connectivity index (χ4v) is 9.53. The maximum Gasteiger partial charge on any atom is 0.166 e. The first-order chi connectivity index (χ1) is 36.1. The second-order valence-corrected chi connectivity index (χ2v) is 16.4. The van der Waals surface area contributed by atoms with Crippen molar-refractivity contribution in [2.45, 2.75) is 0 Å². The Morgan fingerprint density at radius 2 is 1.03 bits per heavy atom. The monoisotopic (exact) mass is 864 g/mol. The lowest BCUT2D eigenvalue weighted by atomic mass is 9.98. The fraction of sp³-hybridized carbons (Fsp3) is 0. The second-order valence-electron chi connectivity index (χ2n) is 16.4. The van der Waals surface area contributed by atoms with Crippen LogP contribution in [0.5, 0.6) is 0 Å². The lowest BCUT2D eigenvalue weighted by molar-refractivity contribution is 0.669. The molecule has 0 aliphatic heterocycles. The van der Waals surface area contributed by atoms with Gasteiger partial charge in [0, 0.05) is 71.7 Å². The number of aromatic nitrogens is 5. The van der Waals surface area contributed by atoms with E-state index in [1.807, 2.05) is 103 Å². The Hall–Kier alpha value is -9.20. The van der Waals surface area contributed by atoms with E-state index in [2.05, 4.69) is 47.4 Å². The molecule has 0 spiro atoms. The van der Waals surface area contributed by atoms with Crippen LogP contribution >= 0.6 is 0 Å². The zero-order chi connectivity index (χ0) is 50.1. The minimum Gasteiger partial charge on any atom is -0.455 e. The summed E-state index contributed by atoms with van der Waals surface area (Å²) < 4.78 is 77.0. The number of benzene rings is 9. The van der Waals surface area contributed by atoms with Crippen molar-refractivity contribution in [1.82, 2.24) is 24.5 Å². The Balaban J connectivity index is 0.949. The van der Waals surface area contributed by atoms with Gasteiger partial charge >= 0.3 is 0 Å². The Bertz CT molecular complexity index is 4740. The molecule has 312 valence electrons. The number of hydrogen-bond donors (Lipinski definition) is 0. The Morgan fingerprint density at radius 3 is 1.90 bits per heavy atom. The van der Waals surface area contributed by atoms with Crippen molar-refractivity contribution >= 4 is 76.6 Å². The minimum absolute atomic E-state index is 0.0484. The van der Waals surface area contributed by atoms with Gasteiger partial charge in [-0.3, -0.25) is 4.98 Å². The van der Waals surface area contributed by atoms with Gasteiger partial charge in [0.1, 0.15) is 22.3 Å². The van der Waals surface area contributed by atoms with Crippen molar-refractivity contribution in [2.24, 2.45) is 0 Å². The summed E-state index contributed by atoms with van der Waals surface area (Å²) in [7, 11) is 0. The molecule has 0 atom stereocenters. The van der Waals surface area contributed by atoms with Crippen molar-refractivity contribution in [3.05, 3.63) is 212 Å². The highest BCUT2D eigenvalue weighted by Crippen LogP contribution is 2.42. The van der Waals surface area contributed by atoms with E-state index in [0.29, 0.717) is 34.0 Å². The SMILES string of the molecule is [2H]c1cc([2H])c2c(c1[2H])c1c([2H])c([2H])c([2H])c([2H])c1n2-c1ccccc1-c1nc(-c2cccc(-c3cccc4c3oc3ccc(-c5cccc6c5oc5ccccc56)cc34)c2)nc(-c2ccc3ncccc3c2)n1. The van der Waals surface area contributed by atoms with Crippen molar-refractivity contribution in [3.63, 3.8) is 0 Å². The molecular formula is C60H35N5O2. The van der Waals surface area contributed by atoms with Gasteiger partial charge in [0.05, 0.1) is 31.8 Å². The highest BCUT2D eigenvalue weighted by atomic mass is 16.3. The topological polar surface area (TPSA) is 82.8 Å². The summed E-state index contributed by atoms with van der Waals surface area (Å²) in [4.78, 5) is 20.0. The normalized spacial score (nSPS) is 13.3. The number of rotatable bonds is 6. The molecule has 0 bridgehead atoms. The van der Waals surface area contributed by atoms with E-state index < -0.39 is 12.1 Å². The molecule has 7 heteroatoms. The predicted octanol–water partition coefficient (Wildman–Crippen LogP) is 15.7. The van der Waals surface area contributed by atoms with Gasteiger partial charge in [0.25, 0.3) is 0 Å². The van der Waals surface area contributed by atoms with E-state index in [4.69, 9.17) is 30.6 Å². The minimum atomic E-state index is -0.477. The lowest BCUT2D eigenvalue weighted by Gasteiger charge is -2.15. The van der Waals surface area contributed by atoms with Crippen LogP contribution in [0.25, 0.3) is 139 Å². The number of furan rings is 2. The predicted molar refractivity (Wildman–Crippen MR) is 271 cm³/mol. The van der Waals surface area contributed by atoms with Crippen LogP contribution in [0.2, 0.25) is 0 Å². The second kappa shape index (κ2) is 14.7. The summed E-state index contributed by atoms with van der Waals surface area (Å²) in [5, 5.41) is 5.07. The van der Waals surface area contributed by atoms with Crippen molar-refractivity contribution in [2.75, 3.05) is 0 Å². The molecule has 0 unspecified atom stereocenters. The summed E-state index contributed by atoms with van der Waals surface area (Å²) in [6.07, 6.45) is 1.74. The Morgan fingerprint density at radius 1 is 0.403 bits per heavy atom. The van der Waals surface area contributed by atoms with Crippen molar-refractivity contribution in [1.29, 1.82) is 0 Å². The van der Waals surface area contributed by atoms with Crippen LogP contribution < -0.4 is 0 Å². The van der Waals surface area contributed by atoms with Gasteiger partial charge in [-0.1, -0.05) is 133 Å². The first-order valence-corrected chi connectivity index (χ1v) is 21.8. The highest BCUT2D eigenvalue weighted by molar-refractivity contribution is 6.14. The van der Waals surface area contributed by atoms with Gasteiger partial charge in [-0.15, -0.1) is 0 Å². The maximum absolute atomic E-state index is 9.20. The van der Waals surface area contributed by atoms with Crippen LogP contribution in [0.15, 0.2) is 221 Å². The van der Waals surface area contributed by atoms with Gasteiger partial charge in [-0.2, -0.15) is 0 Å². The van der Waals surface area contributed by atoms with Crippen LogP contribution in [-0.4, -0.2) is 24.5 Å². The van der Waals surface area contributed by atoms with Gasteiger partial charge in [0.2, 0.25) is 0 Å². The molecule has 14 rings (SSSR count). The third kappa shape index (κ3) is 5.92. The molecule has 5 heterocycles. The van der Waals surface area contributed by atoms with Crippen molar-refractivity contribution < 1.29 is 18.4 Å². The number of para-hydroxylation sites is 6. The van der Waals surface area contributed by atoms with E-state index in [0.717, 1.165) is 77.0 Å². The molecule has 0 aliphatic rings. The first kappa shape index (κ1) is 30.8. The smallest absolute Gasteiger partial charge is 0.166 e. The van der Waals surface area contributed by atoms with Crippen LogP contribution in [0.1, 0.15) is 9.60 Å². The zero-order valence-corrected chi connectivity index (χ0v) is 35.2. The Kier molecular flexibility index (Phi) is 6.75. The zero-order valence-electron chi connectivity index (χ0n) is 42.2. The van der Waals surface area contributed by atoms with E-state index in [-0.39, 0.29) is 57.8 Å². The number of fused-ring (bicyclic) bond motifs is 10. The third-order valence-electron chi connectivity index (χ3n) is 12.6. The molecule has 9 aromatic carbocycles. The number of nitrogens with zero attached hydrogens (tertiary/aromatic N) is 5. The third-order valence-corrected chi connectivity index (χ3v) is 12.6. The molecule has 0 N–H and O–H groups in total. The molecule has 0 aliphatic carbocycles. The molecule has 0 fully saturated rings. The molecule has 0 radical (unpaired) electrons. The van der Waals surface area contributed by atoms with Crippen LogP contribution in [0, 0.1) is 0 Å². The van der Waals surface area contributed by atoms with E-state index >= 15 is 0 Å². The first-order valence-electron chi connectivity index (χ1n) is 25.3. The average molecular weight is 865 g/mol. The fourth-order valence-electron chi connectivity index (χ4n) is 9.53. The largest absolute Gasteiger partial charge is 0.455 e. The molecular weight excluding hydrogens is 823 g/mol. The summed E-state index contributed by atoms with van der Waals surface area (Å²) in [6.45, 7) is 0. The summed E-state index contributed by atoms with van der Waals surface area (Å²) in [6, 6.07) is 50.5. The summed E-state index contributed by atoms with van der Waals surface area (Å²) in [5.41, 5.74) is 10.1. The molecule has 0 saturated carbocycles. The molecule has 0 amide bonds. The Labute approximate surface area is 392 Å². The van der Waals surface area contributed by atoms with Crippen LogP contribution in [-0.2, 0) is 0 Å².